The summed E-state index contributed by atoms with van der Waals surface area (Å²) in [6.45, 7) is 0. The Morgan fingerprint density at radius 3 is 1.43 bits per heavy atom. The molecule has 0 N–H and O–H groups in total. The van der Waals surface area contributed by atoms with Gasteiger partial charge in [-0.25, -0.2) is 9.59 Å². The molecule has 0 aliphatic heterocycles. The van der Waals surface area contributed by atoms with E-state index < -0.39 is 11.9 Å². The molecule has 0 fully saturated rings. The van der Waals surface area contributed by atoms with E-state index >= 15 is 0 Å². The fourth-order valence-electron chi connectivity index (χ4n) is 3.69. The molecular formula is C26H22O9. The van der Waals surface area contributed by atoms with Crippen LogP contribution in [0.2, 0.25) is 0 Å². The maximum atomic E-state index is 12.3. The molecule has 0 saturated carbocycles. The number of carbonyl (C=O) groups excluding carboxylic acids is 2. The number of esters is 2. The van der Waals surface area contributed by atoms with Crippen LogP contribution >= 0.6 is 0 Å². The maximum absolute atomic E-state index is 12.3. The molecule has 0 bridgehead atoms. The van der Waals surface area contributed by atoms with Gasteiger partial charge in [-0.05, 0) is 36.4 Å². The molecule has 2 aromatic carbocycles. The van der Waals surface area contributed by atoms with E-state index in [-0.39, 0.29) is 0 Å². The predicted octanol–water partition coefficient (Wildman–Crippen LogP) is 5.01. The van der Waals surface area contributed by atoms with Gasteiger partial charge in [-0.1, -0.05) is 0 Å². The first-order chi connectivity index (χ1) is 17.0. The predicted molar refractivity (Wildman–Crippen MR) is 128 cm³/mol. The standard InChI is InChI=1S/C26H22O9/c1-29-21-15(13-17-9-11-33-23(17)25(21)31-3)5-7-19(27)35-20(28)8-6-16-14-18-10-12-34-24(18)26(32-4)22(16)30-2/h5-14H,1-4H3/b7-5-,8-6-. The molecule has 9 nitrogen and oxygen atoms in total. The zero-order valence-electron chi connectivity index (χ0n) is 19.4. The topological polar surface area (TPSA) is 107 Å². The Morgan fingerprint density at radius 2 is 1.06 bits per heavy atom. The molecule has 0 aliphatic carbocycles. The Bertz CT molecular complexity index is 1340. The fraction of sp³-hybridized carbons (Fsp3) is 0.154. The normalized spacial score (nSPS) is 11.4. The Hall–Kier alpha value is -4.66. The molecule has 0 atom stereocenters. The molecule has 0 amide bonds. The molecule has 0 radical (unpaired) electrons. The van der Waals surface area contributed by atoms with Crippen molar-refractivity contribution >= 4 is 46.0 Å². The summed E-state index contributed by atoms with van der Waals surface area (Å²) in [4.78, 5) is 24.5. The Balaban J connectivity index is 1.51. The zero-order valence-corrected chi connectivity index (χ0v) is 19.4. The van der Waals surface area contributed by atoms with Crippen LogP contribution in [0.4, 0.5) is 0 Å². The van der Waals surface area contributed by atoms with E-state index in [1.54, 1.807) is 24.3 Å². The summed E-state index contributed by atoms with van der Waals surface area (Å²) in [6, 6.07) is 7.03. The van der Waals surface area contributed by atoms with Gasteiger partial charge in [0.2, 0.25) is 11.5 Å². The lowest BCUT2D eigenvalue weighted by molar-refractivity contribution is -0.152. The monoisotopic (exact) mass is 478 g/mol. The Labute approximate surface area is 200 Å². The summed E-state index contributed by atoms with van der Waals surface area (Å²) < 4.78 is 37.4. The average Bonchev–Trinajstić information content (AvgIpc) is 3.53. The summed E-state index contributed by atoms with van der Waals surface area (Å²) in [5.41, 5.74) is 2.13. The number of carbonyl (C=O) groups is 2. The molecule has 0 saturated heterocycles. The van der Waals surface area contributed by atoms with Crippen molar-refractivity contribution in [1.29, 1.82) is 0 Å². The number of ether oxygens (including phenoxy) is 5. The zero-order chi connectivity index (χ0) is 24.9. The van der Waals surface area contributed by atoms with Crippen LogP contribution in [0.3, 0.4) is 0 Å². The number of hydrogen-bond acceptors (Lipinski definition) is 9. The van der Waals surface area contributed by atoms with E-state index in [0.29, 0.717) is 45.3 Å². The van der Waals surface area contributed by atoms with Gasteiger partial charge in [0.25, 0.3) is 0 Å². The largest absolute Gasteiger partial charge is 0.492 e. The summed E-state index contributed by atoms with van der Waals surface area (Å²) in [7, 11) is 5.92. The molecule has 35 heavy (non-hydrogen) atoms. The first-order valence-electron chi connectivity index (χ1n) is 10.4. The van der Waals surface area contributed by atoms with Crippen molar-refractivity contribution in [2.24, 2.45) is 0 Å². The summed E-state index contributed by atoms with van der Waals surface area (Å²) >= 11 is 0. The van der Waals surface area contributed by atoms with Crippen LogP contribution in [-0.2, 0) is 14.3 Å². The number of furan rings is 2. The molecular weight excluding hydrogens is 456 g/mol. The van der Waals surface area contributed by atoms with Crippen LogP contribution in [0.15, 0.2) is 57.8 Å². The first kappa shape index (κ1) is 23.5. The molecule has 180 valence electrons. The second kappa shape index (κ2) is 10.1. The molecule has 4 rings (SSSR count). The van der Waals surface area contributed by atoms with Crippen LogP contribution in [-0.4, -0.2) is 40.4 Å². The van der Waals surface area contributed by atoms with E-state index in [1.165, 1.54) is 53.1 Å². The van der Waals surface area contributed by atoms with Gasteiger partial charge in [0.05, 0.1) is 41.0 Å². The number of rotatable bonds is 8. The lowest BCUT2D eigenvalue weighted by atomic mass is 10.1. The fourth-order valence-corrected chi connectivity index (χ4v) is 3.69. The van der Waals surface area contributed by atoms with Crippen LogP contribution in [0.1, 0.15) is 11.1 Å². The van der Waals surface area contributed by atoms with Crippen LogP contribution < -0.4 is 18.9 Å². The van der Waals surface area contributed by atoms with Gasteiger partial charge in [-0.15, -0.1) is 0 Å². The van der Waals surface area contributed by atoms with Gasteiger partial charge in [-0.2, -0.15) is 0 Å². The molecule has 2 heterocycles. The SMILES string of the molecule is COc1c(/C=C\C(=O)OC(=O)/C=C\c2cc3ccoc3c(OC)c2OC)cc2ccoc2c1OC. The summed E-state index contributed by atoms with van der Waals surface area (Å²) in [6.07, 6.45) is 8.22. The van der Waals surface area contributed by atoms with Crippen molar-refractivity contribution in [1.82, 2.24) is 0 Å². The van der Waals surface area contributed by atoms with Crippen LogP contribution in [0.5, 0.6) is 23.0 Å². The van der Waals surface area contributed by atoms with E-state index in [0.717, 1.165) is 22.9 Å². The molecule has 0 spiro atoms. The van der Waals surface area contributed by atoms with Crippen molar-refractivity contribution in [3.63, 3.8) is 0 Å². The minimum absolute atomic E-state index is 0.376. The van der Waals surface area contributed by atoms with Gasteiger partial charge in [0.15, 0.2) is 22.7 Å². The number of benzene rings is 2. The van der Waals surface area contributed by atoms with E-state index in [4.69, 9.17) is 32.5 Å². The van der Waals surface area contributed by atoms with E-state index in [9.17, 15) is 9.59 Å². The highest BCUT2D eigenvalue weighted by Crippen LogP contribution is 2.41. The smallest absolute Gasteiger partial charge is 0.338 e. The van der Waals surface area contributed by atoms with Gasteiger partial charge in [0, 0.05) is 34.1 Å². The number of methoxy groups -OCH3 is 4. The van der Waals surface area contributed by atoms with Crippen molar-refractivity contribution in [2.75, 3.05) is 28.4 Å². The minimum atomic E-state index is -0.859. The van der Waals surface area contributed by atoms with Crippen LogP contribution in [0, 0.1) is 0 Å². The van der Waals surface area contributed by atoms with Gasteiger partial charge in [0.1, 0.15) is 0 Å². The maximum Gasteiger partial charge on any atom is 0.338 e. The molecule has 9 heteroatoms. The van der Waals surface area contributed by atoms with Gasteiger partial charge < -0.3 is 32.5 Å². The minimum Gasteiger partial charge on any atom is -0.492 e. The van der Waals surface area contributed by atoms with Gasteiger partial charge >= 0.3 is 11.9 Å². The quantitative estimate of drug-likeness (QED) is 0.196. The highest BCUT2D eigenvalue weighted by molar-refractivity contribution is 6.01. The van der Waals surface area contributed by atoms with Crippen molar-refractivity contribution < 1.29 is 42.1 Å². The number of fused-ring (bicyclic) bond motifs is 2. The third kappa shape index (κ3) is 4.56. The number of hydrogen-bond donors (Lipinski definition) is 0. The third-order valence-electron chi connectivity index (χ3n) is 5.18. The molecule has 4 aromatic rings. The third-order valence-corrected chi connectivity index (χ3v) is 5.18. The van der Waals surface area contributed by atoms with Gasteiger partial charge in [-0.3, -0.25) is 0 Å². The lowest BCUT2D eigenvalue weighted by Crippen LogP contribution is -2.07. The Kier molecular flexibility index (Phi) is 6.77. The van der Waals surface area contributed by atoms with E-state index in [2.05, 4.69) is 0 Å². The summed E-state index contributed by atoms with van der Waals surface area (Å²) in [5.74, 6) is -0.186. The first-order valence-corrected chi connectivity index (χ1v) is 10.4. The van der Waals surface area contributed by atoms with Crippen molar-refractivity contribution in [2.45, 2.75) is 0 Å². The molecule has 0 unspecified atom stereocenters. The lowest BCUT2D eigenvalue weighted by Gasteiger charge is -2.11. The molecule has 2 aromatic heterocycles. The second-order valence-electron chi connectivity index (χ2n) is 7.15. The van der Waals surface area contributed by atoms with E-state index in [1.807, 2.05) is 0 Å². The highest BCUT2D eigenvalue weighted by Gasteiger charge is 2.18. The van der Waals surface area contributed by atoms with Crippen molar-refractivity contribution in [3.05, 3.63) is 60.1 Å². The summed E-state index contributed by atoms with van der Waals surface area (Å²) in [5, 5.41) is 1.52. The van der Waals surface area contributed by atoms with Crippen molar-refractivity contribution in [3.8, 4) is 23.0 Å². The highest BCUT2D eigenvalue weighted by atomic mass is 16.6. The second-order valence-corrected chi connectivity index (χ2v) is 7.15. The molecule has 0 aliphatic rings. The Morgan fingerprint density at radius 1 is 0.657 bits per heavy atom. The van der Waals surface area contributed by atoms with Crippen LogP contribution in [0.25, 0.3) is 34.1 Å². The average molecular weight is 478 g/mol.